The molecule has 12 nitrogen and oxygen atoms in total. The van der Waals surface area contributed by atoms with Gasteiger partial charge in [0.25, 0.3) is 0 Å². The minimum atomic E-state index is -2.09. The van der Waals surface area contributed by atoms with Crippen LogP contribution in [0.1, 0.15) is 23.2 Å². The van der Waals surface area contributed by atoms with Gasteiger partial charge in [-0.15, -0.1) is 0 Å². The fraction of sp³-hybridized carbons (Fsp3) is 0.238. The van der Waals surface area contributed by atoms with Gasteiger partial charge >= 0.3 is 12.1 Å². The van der Waals surface area contributed by atoms with Crippen molar-refractivity contribution in [1.82, 2.24) is 21.3 Å². The van der Waals surface area contributed by atoms with E-state index in [4.69, 9.17) is 9.47 Å². The first kappa shape index (κ1) is 21.7. The second-order valence-corrected chi connectivity index (χ2v) is 7.45. The molecule has 0 unspecified atom stereocenters. The number of rotatable bonds is 4. The number of barbiturate groups is 1. The number of carbonyl (C=O) groups excluding carboxylic acids is 4. The van der Waals surface area contributed by atoms with E-state index in [2.05, 4.69) is 21.3 Å². The molecule has 0 saturated carbocycles. The summed E-state index contributed by atoms with van der Waals surface area (Å²) >= 11 is 0. The molecule has 2 aliphatic heterocycles. The molecule has 2 atom stereocenters. The molecule has 12 heteroatoms. The van der Waals surface area contributed by atoms with E-state index in [0.29, 0.717) is 0 Å². The topological polar surface area (TPSA) is 175 Å². The SMILES string of the molecule is COc1cc([C@H]2NC(=O)N[C@H](c3ccc(O)c(OC)c3)C23C(=O)NC(=O)NC3=O)ccc1O. The molecule has 0 aliphatic carbocycles. The zero-order valence-corrected chi connectivity index (χ0v) is 17.5. The average molecular weight is 456 g/mol. The van der Waals surface area contributed by atoms with E-state index < -0.39 is 41.4 Å². The summed E-state index contributed by atoms with van der Waals surface area (Å²) < 4.78 is 10.3. The number of aromatic hydroxyl groups is 2. The predicted octanol–water partition coefficient (Wildman–Crippen LogP) is 0.563. The van der Waals surface area contributed by atoms with Gasteiger partial charge in [-0.1, -0.05) is 12.1 Å². The number of nitrogens with one attached hydrogen (secondary N) is 4. The second kappa shape index (κ2) is 7.89. The summed E-state index contributed by atoms with van der Waals surface area (Å²) in [7, 11) is 2.64. The van der Waals surface area contributed by atoms with Crippen molar-refractivity contribution in [3.63, 3.8) is 0 Å². The van der Waals surface area contributed by atoms with Gasteiger partial charge in [-0.3, -0.25) is 20.2 Å². The van der Waals surface area contributed by atoms with E-state index in [1.807, 2.05) is 0 Å². The van der Waals surface area contributed by atoms with Crippen LogP contribution in [0.25, 0.3) is 0 Å². The average Bonchev–Trinajstić information content (AvgIpc) is 2.78. The van der Waals surface area contributed by atoms with Gasteiger partial charge in [-0.05, 0) is 35.4 Å². The quantitative estimate of drug-likeness (QED) is 0.362. The van der Waals surface area contributed by atoms with Crippen LogP contribution >= 0.6 is 0 Å². The van der Waals surface area contributed by atoms with Crippen molar-refractivity contribution >= 4 is 23.9 Å². The first-order chi connectivity index (χ1) is 15.7. The van der Waals surface area contributed by atoms with Crippen LogP contribution in [-0.2, 0) is 9.59 Å². The Labute approximate surface area is 186 Å². The van der Waals surface area contributed by atoms with Crippen molar-refractivity contribution in [2.45, 2.75) is 12.1 Å². The molecule has 0 bridgehead atoms. The van der Waals surface area contributed by atoms with E-state index in [1.54, 1.807) is 0 Å². The van der Waals surface area contributed by atoms with Crippen molar-refractivity contribution in [2.75, 3.05) is 14.2 Å². The largest absolute Gasteiger partial charge is 0.504 e. The molecule has 2 heterocycles. The highest BCUT2D eigenvalue weighted by Gasteiger charge is 2.64. The molecule has 172 valence electrons. The Morgan fingerprint density at radius 3 is 1.55 bits per heavy atom. The molecule has 2 fully saturated rings. The second-order valence-electron chi connectivity index (χ2n) is 7.45. The minimum Gasteiger partial charge on any atom is -0.504 e. The van der Waals surface area contributed by atoms with Crippen molar-refractivity contribution in [1.29, 1.82) is 0 Å². The molecular weight excluding hydrogens is 436 g/mol. The Bertz CT molecular complexity index is 1090. The number of urea groups is 2. The summed E-state index contributed by atoms with van der Waals surface area (Å²) in [6.45, 7) is 0. The molecular formula is C21H20N4O8. The summed E-state index contributed by atoms with van der Waals surface area (Å²) in [6, 6.07) is 3.90. The number of imide groups is 2. The van der Waals surface area contributed by atoms with Crippen LogP contribution in [0.3, 0.4) is 0 Å². The molecule has 1 spiro atoms. The fourth-order valence-electron chi connectivity index (χ4n) is 4.21. The molecule has 2 saturated heterocycles. The summed E-state index contributed by atoms with van der Waals surface area (Å²) in [5.74, 6) is -2.21. The summed E-state index contributed by atoms with van der Waals surface area (Å²) in [5, 5.41) is 29.3. The van der Waals surface area contributed by atoms with Crippen molar-refractivity contribution in [2.24, 2.45) is 5.41 Å². The number of carbonyl (C=O) groups is 4. The Morgan fingerprint density at radius 1 is 0.727 bits per heavy atom. The zero-order chi connectivity index (χ0) is 23.9. The van der Waals surface area contributed by atoms with E-state index in [-0.39, 0.29) is 34.1 Å². The molecule has 0 aromatic heterocycles. The lowest BCUT2D eigenvalue weighted by Gasteiger charge is -2.48. The van der Waals surface area contributed by atoms with E-state index in [0.717, 1.165) is 0 Å². The first-order valence-electron chi connectivity index (χ1n) is 9.70. The highest BCUT2D eigenvalue weighted by molar-refractivity contribution is 6.21. The molecule has 0 radical (unpaired) electrons. The normalized spacial score (nSPS) is 21.5. The van der Waals surface area contributed by atoms with Crippen molar-refractivity contribution in [3.8, 4) is 23.0 Å². The number of ether oxygens (including phenoxy) is 2. The summed E-state index contributed by atoms with van der Waals surface area (Å²) in [6.07, 6.45) is 0. The van der Waals surface area contributed by atoms with E-state index in [1.165, 1.54) is 50.6 Å². The lowest BCUT2D eigenvalue weighted by atomic mass is 9.65. The molecule has 4 rings (SSSR count). The van der Waals surface area contributed by atoms with Gasteiger partial charge in [0.05, 0.1) is 26.3 Å². The Morgan fingerprint density at radius 2 is 1.15 bits per heavy atom. The summed E-state index contributed by atoms with van der Waals surface area (Å²) in [5.41, 5.74) is -1.57. The van der Waals surface area contributed by atoms with Gasteiger partial charge in [-0.25, -0.2) is 9.59 Å². The maximum atomic E-state index is 13.4. The number of benzene rings is 2. The van der Waals surface area contributed by atoms with Crippen LogP contribution in [0.15, 0.2) is 36.4 Å². The van der Waals surface area contributed by atoms with Crippen LogP contribution in [0.4, 0.5) is 9.59 Å². The van der Waals surface area contributed by atoms with Crippen LogP contribution in [0.5, 0.6) is 23.0 Å². The molecule has 2 aromatic rings. The molecule has 6 amide bonds. The van der Waals surface area contributed by atoms with Gasteiger partial charge in [0, 0.05) is 0 Å². The maximum Gasteiger partial charge on any atom is 0.328 e. The number of amides is 6. The highest BCUT2D eigenvalue weighted by Crippen LogP contribution is 2.50. The smallest absolute Gasteiger partial charge is 0.328 e. The molecule has 2 aliphatic rings. The van der Waals surface area contributed by atoms with Gasteiger partial charge in [0.15, 0.2) is 28.4 Å². The lowest BCUT2D eigenvalue weighted by Crippen LogP contribution is -2.73. The number of hydrogen-bond acceptors (Lipinski definition) is 8. The number of hydrogen-bond donors (Lipinski definition) is 6. The minimum absolute atomic E-state index is 0.0472. The van der Waals surface area contributed by atoms with Crippen LogP contribution in [-0.4, -0.2) is 48.3 Å². The van der Waals surface area contributed by atoms with Gasteiger partial charge in [0.2, 0.25) is 11.8 Å². The van der Waals surface area contributed by atoms with Gasteiger partial charge in [0.1, 0.15) is 0 Å². The predicted molar refractivity (Wildman–Crippen MR) is 111 cm³/mol. The number of phenols is 2. The Balaban J connectivity index is 1.96. The number of methoxy groups -OCH3 is 2. The standard InChI is InChI=1S/C21H20N4O8/c1-32-13-7-9(3-5-11(13)26)15-21(17(28)24-20(31)25-18(21)29)16(23-19(30)22-15)10-4-6-12(27)14(8-10)33-2/h3-8,15-16,26-27H,1-2H3,(H2,22,23,30)(H2,24,25,28,29,31)/t15-,16-/m1/s1. The van der Waals surface area contributed by atoms with E-state index in [9.17, 15) is 29.4 Å². The van der Waals surface area contributed by atoms with Crippen LogP contribution in [0, 0.1) is 5.41 Å². The molecule has 2 aromatic carbocycles. The number of phenolic OH excluding ortho intramolecular Hbond substituents is 2. The monoisotopic (exact) mass is 456 g/mol. The Hall–Kier alpha value is -4.48. The van der Waals surface area contributed by atoms with Crippen molar-refractivity contribution in [3.05, 3.63) is 47.5 Å². The van der Waals surface area contributed by atoms with Crippen LogP contribution < -0.4 is 30.7 Å². The summed E-state index contributed by atoms with van der Waals surface area (Å²) in [4.78, 5) is 51.3. The van der Waals surface area contributed by atoms with Crippen molar-refractivity contribution < 1.29 is 38.9 Å². The highest BCUT2D eigenvalue weighted by atomic mass is 16.5. The first-order valence-corrected chi connectivity index (χ1v) is 9.70. The van der Waals surface area contributed by atoms with E-state index >= 15 is 0 Å². The molecule has 6 N–H and O–H groups in total. The van der Waals surface area contributed by atoms with Gasteiger partial charge in [-0.2, -0.15) is 0 Å². The van der Waals surface area contributed by atoms with Gasteiger partial charge < -0.3 is 30.3 Å². The third-order valence-corrected chi connectivity index (χ3v) is 5.74. The lowest BCUT2D eigenvalue weighted by molar-refractivity contribution is -0.150. The third-order valence-electron chi connectivity index (χ3n) is 5.74. The fourth-order valence-corrected chi connectivity index (χ4v) is 4.21. The Kier molecular flexibility index (Phi) is 5.20. The van der Waals surface area contributed by atoms with Crippen LogP contribution in [0.2, 0.25) is 0 Å². The zero-order valence-electron chi connectivity index (χ0n) is 17.5. The maximum absolute atomic E-state index is 13.4. The molecule has 33 heavy (non-hydrogen) atoms. The third kappa shape index (κ3) is 3.32.